The summed E-state index contributed by atoms with van der Waals surface area (Å²) in [7, 11) is 0. The van der Waals surface area contributed by atoms with E-state index in [-0.39, 0.29) is 0 Å². The highest BCUT2D eigenvalue weighted by Gasteiger charge is 2.16. The van der Waals surface area contributed by atoms with E-state index in [4.69, 9.17) is 0 Å². The molecule has 0 heterocycles. The average Bonchev–Trinajstić information content (AvgIpc) is 2.76. The third-order valence-corrected chi connectivity index (χ3v) is 4.54. The minimum Gasteiger partial charge on any atom is -0.411 e. The van der Waals surface area contributed by atoms with Crippen LogP contribution in [0.25, 0.3) is 0 Å². The molecular weight excluding hydrogens is 350 g/mol. The number of aryl methyl sites for hydroxylation is 1. The van der Waals surface area contributed by atoms with Gasteiger partial charge in [-0.15, -0.1) is 0 Å². The number of oxime groups is 2. The lowest BCUT2D eigenvalue weighted by Crippen LogP contribution is -2.35. The molecule has 28 heavy (non-hydrogen) atoms. The zero-order valence-electron chi connectivity index (χ0n) is 15.7. The molecule has 0 aliphatic carbocycles. The summed E-state index contributed by atoms with van der Waals surface area (Å²) in [6.07, 6.45) is 0. The van der Waals surface area contributed by atoms with Crippen molar-refractivity contribution < 1.29 is 10.4 Å². The average molecular weight is 373 g/mol. The molecule has 0 aliphatic rings. The standard InChI is InChI=1S/C23H23N3O2/c1-18-12-14-21(15-13-18)26(16-22(24-27)19-8-4-2-5-9-19)17-23(25-28)20-10-6-3-7-11-20/h2-15,27-28H,16-17H2,1H3/b24-22-,25-23-. The highest BCUT2D eigenvalue weighted by Crippen LogP contribution is 2.18. The molecule has 0 aliphatic heterocycles. The Morgan fingerprint density at radius 3 is 1.50 bits per heavy atom. The van der Waals surface area contributed by atoms with Gasteiger partial charge in [0.1, 0.15) is 11.4 Å². The van der Waals surface area contributed by atoms with Crippen molar-refractivity contribution in [1.82, 2.24) is 0 Å². The van der Waals surface area contributed by atoms with Gasteiger partial charge in [0.05, 0.1) is 13.1 Å². The van der Waals surface area contributed by atoms with Crippen molar-refractivity contribution in [2.75, 3.05) is 18.0 Å². The van der Waals surface area contributed by atoms with Crippen molar-refractivity contribution in [2.45, 2.75) is 6.92 Å². The number of rotatable bonds is 7. The first kappa shape index (κ1) is 19.2. The highest BCUT2D eigenvalue weighted by atomic mass is 16.4. The minimum atomic E-state index is 0.357. The Labute approximate surface area is 164 Å². The predicted molar refractivity (Wildman–Crippen MR) is 113 cm³/mol. The number of hydrogen-bond acceptors (Lipinski definition) is 5. The van der Waals surface area contributed by atoms with E-state index in [1.165, 1.54) is 0 Å². The Morgan fingerprint density at radius 2 is 1.11 bits per heavy atom. The largest absolute Gasteiger partial charge is 0.411 e. The molecule has 0 radical (unpaired) electrons. The second-order valence-corrected chi connectivity index (χ2v) is 6.52. The maximum atomic E-state index is 9.61. The van der Waals surface area contributed by atoms with E-state index in [9.17, 15) is 10.4 Å². The molecule has 0 atom stereocenters. The molecule has 0 amide bonds. The van der Waals surface area contributed by atoms with Crippen molar-refractivity contribution in [3.8, 4) is 0 Å². The van der Waals surface area contributed by atoms with Gasteiger partial charge < -0.3 is 15.3 Å². The van der Waals surface area contributed by atoms with Crippen LogP contribution in [0.1, 0.15) is 16.7 Å². The molecule has 5 heteroatoms. The topological polar surface area (TPSA) is 68.4 Å². The van der Waals surface area contributed by atoms with Gasteiger partial charge in [-0.05, 0) is 19.1 Å². The number of hydrogen-bond donors (Lipinski definition) is 2. The summed E-state index contributed by atoms with van der Waals surface area (Å²) in [6.45, 7) is 2.74. The van der Waals surface area contributed by atoms with Crippen LogP contribution < -0.4 is 4.90 Å². The molecule has 3 aromatic rings. The first-order valence-corrected chi connectivity index (χ1v) is 9.05. The van der Waals surface area contributed by atoms with E-state index in [1.54, 1.807) is 0 Å². The number of anilines is 1. The molecule has 142 valence electrons. The molecule has 3 rings (SSSR count). The van der Waals surface area contributed by atoms with Crippen molar-refractivity contribution in [1.29, 1.82) is 0 Å². The first-order valence-electron chi connectivity index (χ1n) is 9.05. The van der Waals surface area contributed by atoms with Crippen molar-refractivity contribution >= 4 is 17.1 Å². The smallest absolute Gasteiger partial charge is 0.106 e. The number of benzene rings is 3. The van der Waals surface area contributed by atoms with E-state index in [1.807, 2.05) is 96.8 Å². The second-order valence-electron chi connectivity index (χ2n) is 6.52. The van der Waals surface area contributed by atoms with Crippen molar-refractivity contribution in [2.24, 2.45) is 10.3 Å². The maximum Gasteiger partial charge on any atom is 0.106 e. The second kappa shape index (κ2) is 9.37. The van der Waals surface area contributed by atoms with Gasteiger partial charge in [-0.2, -0.15) is 0 Å². The molecule has 3 aromatic carbocycles. The van der Waals surface area contributed by atoms with Crippen LogP contribution in [0.2, 0.25) is 0 Å². The van der Waals surface area contributed by atoms with Gasteiger partial charge in [-0.1, -0.05) is 88.7 Å². The van der Waals surface area contributed by atoms with Gasteiger partial charge in [0, 0.05) is 16.8 Å². The van der Waals surface area contributed by atoms with Crippen molar-refractivity contribution in [3.63, 3.8) is 0 Å². The van der Waals surface area contributed by atoms with E-state index >= 15 is 0 Å². The van der Waals surface area contributed by atoms with Gasteiger partial charge in [0.2, 0.25) is 0 Å². The van der Waals surface area contributed by atoms with Gasteiger partial charge in [0.15, 0.2) is 0 Å². The molecule has 0 fully saturated rings. The fourth-order valence-electron chi connectivity index (χ4n) is 2.98. The zero-order valence-corrected chi connectivity index (χ0v) is 15.7. The highest BCUT2D eigenvalue weighted by molar-refractivity contribution is 6.06. The Bertz CT molecular complexity index is 879. The third kappa shape index (κ3) is 4.76. The number of nitrogens with zero attached hydrogens (tertiary/aromatic N) is 3. The summed E-state index contributed by atoms with van der Waals surface area (Å²) in [4.78, 5) is 2.02. The van der Waals surface area contributed by atoms with Crippen LogP contribution in [0.3, 0.4) is 0 Å². The molecule has 0 aromatic heterocycles. The normalized spacial score (nSPS) is 12.0. The molecule has 2 N–H and O–H groups in total. The molecule has 0 spiro atoms. The van der Waals surface area contributed by atoms with Gasteiger partial charge in [-0.25, -0.2) is 0 Å². The molecule has 0 saturated carbocycles. The van der Waals surface area contributed by atoms with Crippen LogP contribution >= 0.6 is 0 Å². The Morgan fingerprint density at radius 1 is 0.679 bits per heavy atom. The molecular formula is C23H23N3O2. The van der Waals surface area contributed by atoms with E-state index in [0.717, 1.165) is 22.4 Å². The van der Waals surface area contributed by atoms with E-state index in [2.05, 4.69) is 10.3 Å². The van der Waals surface area contributed by atoms with Crippen LogP contribution in [0.5, 0.6) is 0 Å². The SMILES string of the molecule is Cc1ccc(N(C/C(=N/O)c2ccccc2)C/C(=N/O)c2ccccc2)cc1. The summed E-state index contributed by atoms with van der Waals surface area (Å²) in [5, 5.41) is 26.3. The summed E-state index contributed by atoms with van der Waals surface area (Å²) in [5.41, 5.74) is 4.84. The van der Waals surface area contributed by atoms with Gasteiger partial charge in [-0.3, -0.25) is 0 Å². The summed E-state index contributed by atoms with van der Waals surface area (Å²) >= 11 is 0. The summed E-state index contributed by atoms with van der Waals surface area (Å²) in [6, 6.07) is 27.1. The monoisotopic (exact) mass is 373 g/mol. The fraction of sp³-hybridized carbons (Fsp3) is 0.130. The fourth-order valence-corrected chi connectivity index (χ4v) is 2.98. The van der Waals surface area contributed by atoms with E-state index in [0.29, 0.717) is 24.5 Å². The summed E-state index contributed by atoms with van der Waals surface area (Å²) in [5.74, 6) is 0. The van der Waals surface area contributed by atoms with Gasteiger partial charge in [0.25, 0.3) is 0 Å². The zero-order chi connectivity index (χ0) is 19.8. The van der Waals surface area contributed by atoms with Gasteiger partial charge >= 0.3 is 0 Å². The third-order valence-electron chi connectivity index (χ3n) is 4.54. The van der Waals surface area contributed by atoms with Crippen LogP contribution in [-0.4, -0.2) is 34.9 Å². The van der Waals surface area contributed by atoms with Crippen molar-refractivity contribution in [3.05, 3.63) is 102 Å². The molecule has 0 saturated heterocycles. The lowest BCUT2D eigenvalue weighted by atomic mass is 10.1. The Kier molecular flexibility index (Phi) is 6.41. The Balaban J connectivity index is 1.92. The lowest BCUT2D eigenvalue weighted by Gasteiger charge is -2.26. The maximum absolute atomic E-state index is 9.61. The quantitative estimate of drug-likeness (QED) is 0.362. The van der Waals surface area contributed by atoms with Crippen LogP contribution in [-0.2, 0) is 0 Å². The van der Waals surface area contributed by atoms with Crippen LogP contribution in [0, 0.1) is 6.92 Å². The van der Waals surface area contributed by atoms with Crippen LogP contribution in [0.15, 0.2) is 95.2 Å². The minimum absolute atomic E-state index is 0.357. The summed E-state index contributed by atoms with van der Waals surface area (Å²) < 4.78 is 0. The molecule has 0 bridgehead atoms. The van der Waals surface area contributed by atoms with E-state index < -0.39 is 0 Å². The first-order chi connectivity index (χ1) is 13.7. The van der Waals surface area contributed by atoms with Crippen LogP contribution in [0.4, 0.5) is 5.69 Å². The lowest BCUT2D eigenvalue weighted by molar-refractivity contribution is 0.318. The predicted octanol–water partition coefficient (Wildman–Crippen LogP) is 4.56. The Hall–Kier alpha value is -3.60. The molecule has 5 nitrogen and oxygen atoms in total. The molecule has 0 unspecified atom stereocenters.